The fraction of sp³-hybridized carbons (Fsp3) is 0.450. The van der Waals surface area contributed by atoms with E-state index >= 15 is 0 Å². The van der Waals surface area contributed by atoms with Crippen molar-refractivity contribution in [1.82, 2.24) is 15.3 Å². The Kier molecular flexibility index (Phi) is 5.71. The molecule has 0 saturated carbocycles. The van der Waals surface area contributed by atoms with Crippen LogP contribution in [-0.2, 0) is 6.42 Å². The lowest BCUT2D eigenvalue weighted by molar-refractivity contribution is 0.0940. The van der Waals surface area contributed by atoms with Crippen LogP contribution < -0.4 is 15.0 Å². The highest BCUT2D eigenvalue weighted by Gasteiger charge is 2.25. The van der Waals surface area contributed by atoms with E-state index in [1.165, 1.54) is 0 Å². The molecule has 2 heterocycles. The number of aromatic nitrogens is 2. The van der Waals surface area contributed by atoms with Gasteiger partial charge < -0.3 is 15.0 Å². The molecule has 6 nitrogen and oxygen atoms in total. The zero-order valence-corrected chi connectivity index (χ0v) is 15.7. The highest BCUT2D eigenvalue weighted by atomic mass is 16.5. The molecule has 1 aromatic heterocycles. The van der Waals surface area contributed by atoms with Gasteiger partial charge in [-0.3, -0.25) is 4.79 Å². The van der Waals surface area contributed by atoms with Gasteiger partial charge in [-0.05, 0) is 25.0 Å². The molecule has 0 unspecified atom stereocenters. The molecule has 26 heavy (non-hydrogen) atoms. The van der Waals surface area contributed by atoms with E-state index in [0.717, 1.165) is 36.5 Å². The molecule has 1 aliphatic rings. The van der Waals surface area contributed by atoms with E-state index in [2.05, 4.69) is 15.2 Å². The summed E-state index contributed by atoms with van der Waals surface area (Å²) >= 11 is 0. The molecule has 0 radical (unpaired) electrons. The van der Waals surface area contributed by atoms with Gasteiger partial charge in [0.05, 0.1) is 6.61 Å². The number of amides is 1. The third kappa shape index (κ3) is 4.12. The summed E-state index contributed by atoms with van der Waals surface area (Å²) in [4.78, 5) is 23.6. The maximum atomic E-state index is 12.2. The van der Waals surface area contributed by atoms with E-state index < -0.39 is 0 Å². The van der Waals surface area contributed by atoms with Crippen molar-refractivity contribution in [3.8, 4) is 5.75 Å². The van der Waals surface area contributed by atoms with Crippen LogP contribution in [0.2, 0.25) is 0 Å². The van der Waals surface area contributed by atoms with Gasteiger partial charge in [-0.1, -0.05) is 32.0 Å². The molecule has 138 valence electrons. The highest BCUT2D eigenvalue weighted by Crippen LogP contribution is 2.25. The Hall–Kier alpha value is -2.63. The van der Waals surface area contributed by atoms with Crippen molar-refractivity contribution in [3.05, 3.63) is 47.4 Å². The lowest BCUT2D eigenvalue weighted by Gasteiger charge is -2.26. The summed E-state index contributed by atoms with van der Waals surface area (Å²) in [6.07, 6.45) is 1.63. The summed E-state index contributed by atoms with van der Waals surface area (Å²) < 4.78 is 5.76. The lowest BCUT2D eigenvalue weighted by Crippen LogP contribution is -2.36. The van der Waals surface area contributed by atoms with Crippen molar-refractivity contribution in [2.24, 2.45) is 0 Å². The Morgan fingerprint density at radius 1 is 1.23 bits per heavy atom. The van der Waals surface area contributed by atoms with E-state index in [4.69, 9.17) is 9.72 Å². The lowest BCUT2D eigenvalue weighted by atomic mass is 10.0. The first-order chi connectivity index (χ1) is 12.6. The smallest absolute Gasteiger partial charge is 0.270 e. The summed E-state index contributed by atoms with van der Waals surface area (Å²) in [5.74, 6) is 2.53. The van der Waals surface area contributed by atoms with Gasteiger partial charge in [0.2, 0.25) is 0 Å². The minimum absolute atomic E-state index is 0.0994. The van der Waals surface area contributed by atoms with Gasteiger partial charge in [0.1, 0.15) is 23.1 Å². The first kappa shape index (κ1) is 18.2. The Bertz CT molecular complexity index is 762. The Balaban J connectivity index is 1.69. The SMILES string of the molecule is CC(C)c1nc2c(c(N(C)CCCOc3ccccc3)n1)CCNC2=O. The minimum atomic E-state index is -0.0994. The van der Waals surface area contributed by atoms with E-state index in [1.54, 1.807) is 0 Å². The van der Waals surface area contributed by atoms with E-state index in [0.29, 0.717) is 24.7 Å². The second-order valence-corrected chi connectivity index (χ2v) is 6.83. The number of carbonyl (C=O) groups is 1. The van der Waals surface area contributed by atoms with E-state index in [1.807, 2.05) is 51.2 Å². The zero-order chi connectivity index (χ0) is 18.5. The molecular weight excluding hydrogens is 328 g/mol. The first-order valence-electron chi connectivity index (χ1n) is 9.14. The van der Waals surface area contributed by atoms with Crippen LogP contribution in [0.15, 0.2) is 30.3 Å². The largest absolute Gasteiger partial charge is 0.494 e. The summed E-state index contributed by atoms with van der Waals surface area (Å²) in [5.41, 5.74) is 1.47. The quantitative estimate of drug-likeness (QED) is 0.775. The van der Waals surface area contributed by atoms with Gasteiger partial charge in [-0.15, -0.1) is 0 Å². The summed E-state index contributed by atoms with van der Waals surface area (Å²) in [5, 5.41) is 2.87. The second-order valence-electron chi connectivity index (χ2n) is 6.83. The third-order valence-electron chi connectivity index (χ3n) is 4.41. The molecule has 0 spiro atoms. The number of nitrogens with zero attached hydrogens (tertiary/aromatic N) is 3. The van der Waals surface area contributed by atoms with Crippen LogP contribution in [0, 0.1) is 0 Å². The summed E-state index contributed by atoms with van der Waals surface area (Å²) in [6.45, 7) is 6.16. The average molecular weight is 354 g/mol. The van der Waals surface area contributed by atoms with Crippen LogP contribution in [0.3, 0.4) is 0 Å². The number of anilines is 1. The molecule has 0 bridgehead atoms. The molecule has 1 N–H and O–H groups in total. The van der Waals surface area contributed by atoms with Gasteiger partial charge in [0.25, 0.3) is 5.91 Å². The first-order valence-corrected chi connectivity index (χ1v) is 9.14. The van der Waals surface area contributed by atoms with Crippen molar-refractivity contribution in [1.29, 1.82) is 0 Å². The van der Waals surface area contributed by atoms with Gasteiger partial charge in [-0.2, -0.15) is 0 Å². The average Bonchev–Trinajstić information content (AvgIpc) is 2.65. The molecule has 1 amide bonds. The Morgan fingerprint density at radius 2 is 2.00 bits per heavy atom. The van der Waals surface area contributed by atoms with Crippen molar-refractivity contribution in [2.45, 2.75) is 32.6 Å². The zero-order valence-electron chi connectivity index (χ0n) is 15.7. The third-order valence-corrected chi connectivity index (χ3v) is 4.41. The molecule has 0 saturated heterocycles. The predicted molar refractivity (Wildman–Crippen MR) is 102 cm³/mol. The monoisotopic (exact) mass is 354 g/mol. The van der Waals surface area contributed by atoms with E-state index in [9.17, 15) is 4.79 Å². The van der Waals surface area contributed by atoms with Crippen LogP contribution in [0.4, 0.5) is 5.82 Å². The Morgan fingerprint density at radius 3 is 2.73 bits per heavy atom. The highest BCUT2D eigenvalue weighted by molar-refractivity contribution is 5.96. The second kappa shape index (κ2) is 8.17. The van der Waals surface area contributed by atoms with Crippen molar-refractivity contribution in [3.63, 3.8) is 0 Å². The molecular formula is C20H26N4O2. The number of hydrogen-bond donors (Lipinski definition) is 1. The number of hydrogen-bond acceptors (Lipinski definition) is 5. The van der Waals surface area contributed by atoms with Crippen molar-refractivity contribution < 1.29 is 9.53 Å². The van der Waals surface area contributed by atoms with Crippen molar-refractivity contribution in [2.75, 3.05) is 31.6 Å². The van der Waals surface area contributed by atoms with Gasteiger partial charge in [0, 0.05) is 31.6 Å². The molecule has 6 heteroatoms. The van der Waals surface area contributed by atoms with Gasteiger partial charge in [0.15, 0.2) is 0 Å². The molecule has 1 aromatic carbocycles. The summed E-state index contributed by atoms with van der Waals surface area (Å²) in [6, 6.07) is 9.82. The fourth-order valence-electron chi connectivity index (χ4n) is 2.98. The molecule has 1 aliphatic heterocycles. The van der Waals surface area contributed by atoms with Crippen LogP contribution in [0.25, 0.3) is 0 Å². The summed E-state index contributed by atoms with van der Waals surface area (Å²) in [7, 11) is 2.02. The predicted octanol–water partition coefficient (Wildman–Crippen LogP) is 2.79. The molecule has 0 atom stereocenters. The minimum Gasteiger partial charge on any atom is -0.494 e. The number of ether oxygens (including phenoxy) is 1. The number of nitrogens with one attached hydrogen (secondary N) is 1. The standard InChI is InChI=1S/C20H26N4O2/c1-14(2)18-22-17-16(10-11-21-20(17)25)19(23-18)24(3)12-7-13-26-15-8-5-4-6-9-15/h4-6,8-9,14H,7,10-13H2,1-3H3,(H,21,25). The molecule has 3 rings (SSSR count). The maximum absolute atomic E-state index is 12.2. The van der Waals surface area contributed by atoms with Crippen LogP contribution in [-0.4, -0.2) is 42.6 Å². The van der Waals surface area contributed by atoms with Crippen LogP contribution in [0.1, 0.15) is 48.1 Å². The van der Waals surface area contributed by atoms with Crippen molar-refractivity contribution >= 4 is 11.7 Å². The number of para-hydroxylation sites is 1. The Labute approximate surface area is 154 Å². The number of carbonyl (C=O) groups excluding carboxylic acids is 1. The molecule has 2 aromatic rings. The molecule has 0 fully saturated rings. The number of benzene rings is 1. The van der Waals surface area contributed by atoms with Crippen LogP contribution >= 0.6 is 0 Å². The fourth-order valence-corrected chi connectivity index (χ4v) is 2.98. The number of rotatable bonds is 7. The van der Waals surface area contributed by atoms with Crippen LogP contribution in [0.5, 0.6) is 5.75 Å². The van der Waals surface area contributed by atoms with E-state index in [-0.39, 0.29) is 11.8 Å². The maximum Gasteiger partial charge on any atom is 0.270 e. The topological polar surface area (TPSA) is 67.3 Å². The molecule has 0 aliphatic carbocycles. The van der Waals surface area contributed by atoms with Gasteiger partial charge in [-0.25, -0.2) is 9.97 Å². The normalized spacial score (nSPS) is 13.3. The number of fused-ring (bicyclic) bond motifs is 1. The van der Waals surface area contributed by atoms with Gasteiger partial charge >= 0.3 is 0 Å².